The van der Waals surface area contributed by atoms with E-state index in [0.717, 1.165) is 44.4 Å². The summed E-state index contributed by atoms with van der Waals surface area (Å²) in [5, 5.41) is 10.9. The fourth-order valence-corrected chi connectivity index (χ4v) is 3.51. The molecule has 2 aromatic carbocycles. The molecule has 0 fully saturated rings. The Hall–Kier alpha value is -3.32. The average molecular weight is 362 g/mol. The monoisotopic (exact) mass is 362 g/mol. The lowest BCUT2D eigenvalue weighted by Gasteiger charge is -2.06. The van der Waals surface area contributed by atoms with Gasteiger partial charge in [-0.15, -0.1) is 0 Å². The summed E-state index contributed by atoms with van der Waals surface area (Å²) in [4.78, 5) is 20.1. The number of thiophene rings is 1. The van der Waals surface area contributed by atoms with E-state index >= 15 is 0 Å². The van der Waals surface area contributed by atoms with Gasteiger partial charge in [0, 0.05) is 18.0 Å². The number of nitrogens with zero attached hydrogens (tertiary/aromatic N) is 4. The van der Waals surface area contributed by atoms with Gasteiger partial charge in [-0.3, -0.25) is 19.7 Å². The highest BCUT2D eigenvalue weighted by molar-refractivity contribution is 7.16. The third kappa shape index (κ3) is 3.00. The molecule has 0 spiro atoms. The van der Waals surface area contributed by atoms with Crippen LogP contribution in [-0.2, 0) is 0 Å². The number of aliphatic imine (C=N–C) groups is 1. The minimum atomic E-state index is -0.396. The van der Waals surface area contributed by atoms with Crippen molar-refractivity contribution in [3.8, 4) is 5.69 Å². The predicted molar refractivity (Wildman–Crippen MR) is 104 cm³/mol. The molecular formula is C19H14N4O2S. The Morgan fingerprint density at radius 1 is 1.15 bits per heavy atom. The molecule has 0 radical (unpaired) electrons. The van der Waals surface area contributed by atoms with Crippen molar-refractivity contribution in [3.05, 3.63) is 81.5 Å². The third-order valence-electron chi connectivity index (χ3n) is 3.95. The van der Waals surface area contributed by atoms with Crippen LogP contribution in [0.3, 0.4) is 0 Å². The second-order valence-electron chi connectivity index (χ2n) is 5.69. The first-order valence-corrected chi connectivity index (χ1v) is 8.76. The van der Waals surface area contributed by atoms with Gasteiger partial charge in [0.25, 0.3) is 0 Å². The molecule has 7 heteroatoms. The van der Waals surface area contributed by atoms with Crippen molar-refractivity contribution in [2.45, 2.75) is 6.92 Å². The summed E-state index contributed by atoms with van der Waals surface area (Å²) in [6.45, 7) is 1.97. The topological polar surface area (TPSA) is 73.3 Å². The molecule has 0 N–H and O–H groups in total. The molecule has 0 aliphatic heterocycles. The van der Waals surface area contributed by atoms with E-state index in [-0.39, 0.29) is 5.00 Å². The first-order chi connectivity index (χ1) is 12.6. The van der Waals surface area contributed by atoms with Crippen LogP contribution in [0.2, 0.25) is 0 Å². The largest absolute Gasteiger partial charge is 0.324 e. The van der Waals surface area contributed by atoms with Crippen LogP contribution in [0.25, 0.3) is 16.7 Å². The minimum absolute atomic E-state index is 0.110. The highest BCUT2D eigenvalue weighted by Gasteiger charge is 2.10. The van der Waals surface area contributed by atoms with E-state index in [0.29, 0.717) is 0 Å². The second kappa shape index (κ2) is 6.53. The summed E-state index contributed by atoms with van der Waals surface area (Å²) < 4.78 is 2.10. The lowest BCUT2D eigenvalue weighted by Crippen LogP contribution is -1.95. The Bertz CT molecular complexity index is 1130. The van der Waals surface area contributed by atoms with Gasteiger partial charge in [0.15, 0.2) is 0 Å². The van der Waals surface area contributed by atoms with Crippen molar-refractivity contribution in [2.24, 2.45) is 4.99 Å². The Morgan fingerprint density at radius 3 is 2.69 bits per heavy atom. The predicted octanol–water partition coefficient (Wildman–Crippen LogP) is 5.05. The number of para-hydroxylation sites is 1. The number of benzene rings is 2. The molecule has 2 aromatic heterocycles. The Labute approximate surface area is 153 Å². The summed E-state index contributed by atoms with van der Waals surface area (Å²) in [6, 6.07) is 19.1. The molecule has 26 heavy (non-hydrogen) atoms. The number of aryl methyl sites for hydroxylation is 1. The zero-order chi connectivity index (χ0) is 18.1. The number of rotatable bonds is 4. The molecule has 128 valence electrons. The molecular weight excluding hydrogens is 348 g/mol. The van der Waals surface area contributed by atoms with Crippen molar-refractivity contribution in [1.29, 1.82) is 0 Å². The summed E-state index contributed by atoms with van der Waals surface area (Å²) in [5.41, 5.74) is 3.69. The zero-order valence-corrected chi connectivity index (χ0v) is 14.7. The molecule has 0 saturated heterocycles. The number of aromatic nitrogens is 2. The standard InChI is InChI=1S/C19H14N4O2S/c1-13-21-17-11-14(20-12-16-8-10-19(26-16)23(24)25)7-9-18(17)22(13)15-5-3-2-4-6-15/h2-12H,1H3. The maximum atomic E-state index is 10.7. The van der Waals surface area contributed by atoms with Crippen molar-refractivity contribution >= 4 is 39.3 Å². The molecule has 0 bridgehead atoms. The van der Waals surface area contributed by atoms with Crippen LogP contribution < -0.4 is 0 Å². The summed E-state index contributed by atoms with van der Waals surface area (Å²) in [6.07, 6.45) is 1.64. The average Bonchev–Trinajstić information content (AvgIpc) is 3.24. The number of imidazole rings is 1. The van der Waals surface area contributed by atoms with Gasteiger partial charge < -0.3 is 0 Å². The van der Waals surface area contributed by atoms with E-state index in [1.54, 1.807) is 12.3 Å². The molecule has 0 saturated carbocycles. The van der Waals surface area contributed by atoms with E-state index in [2.05, 4.69) is 14.5 Å². The SMILES string of the molecule is Cc1nc2cc(N=Cc3ccc([N+](=O)[O-])s3)ccc2n1-c1ccccc1. The van der Waals surface area contributed by atoms with Gasteiger partial charge in [0.05, 0.1) is 26.5 Å². The molecule has 0 atom stereocenters. The van der Waals surface area contributed by atoms with Gasteiger partial charge in [-0.1, -0.05) is 29.5 Å². The van der Waals surface area contributed by atoms with E-state index < -0.39 is 4.92 Å². The molecule has 2 heterocycles. The van der Waals surface area contributed by atoms with Crippen LogP contribution in [0.15, 0.2) is 65.7 Å². The van der Waals surface area contributed by atoms with E-state index in [9.17, 15) is 10.1 Å². The molecule has 0 unspecified atom stereocenters. The van der Waals surface area contributed by atoms with Gasteiger partial charge in [-0.25, -0.2) is 4.98 Å². The smallest absolute Gasteiger partial charge is 0.297 e. The lowest BCUT2D eigenvalue weighted by molar-refractivity contribution is -0.380. The number of nitro groups is 1. The van der Waals surface area contributed by atoms with Crippen molar-refractivity contribution < 1.29 is 4.92 Å². The van der Waals surface area contributed by atoms with Crippen molar-refractivity contribution in [3.63, 3.8) is 0 Å². The fraction of sp³-hybridized carbons (Fsp3) is 0.0526. The van der Waals surface area contributed by atoms with E-state index in [1.165, 1.54) is 6.07 Å². The summed E-state index contributed by atoms with van der Waals surface area (Å²) in [5.74, 6) is 0.904. The third-order valence-corrected chi connectivity index (χ3v) is 4.93. The molecule has 0 aliphatic carbocycles. The van der Waals surface area contributed by atoms with Gasteiger partial charge in [0.2, 0.25) is 0 Å². The maximum Gasteiger partial charge on any atom is 0.324 e. The first-order valence-electron chi connectivity index (χ1n) is 7.94. The van der Waals surface area contributed by atoms with Crippen LogP contribution in [0.4, 0.5) is 10.7 Å². The Kier molecular flexibility index (Phi) is 4.06. The van der Waals surface area contributed by atoms with Crippen LogP contribution in [0, 0.1) is 17.0 Å². The van der Waals surface area contributed by atoms with E-state index in [1.807, 2.05) is 55.5 Å². The minimum Gasteiger partial charge on any atom is -0.297 e. The van der Waals surface area contributed by atoms with Crippen LogP contribution in [0.1, 0.15) is 10.7 Å². The lowest BCUT2D eigenvalue weighted by atomic mass is 10.2. The fourth-order valence-electron chi connectivity index (χ4n) is 2.82. The highest BCUT2D eigenvalue weighted by Crippen LogP contribution is 2.26. The van der Waals surface area contributed by atoms with E-state index in [4.69, 9.17) is 0 Å². The van der Waals surface area contributed by atoms with Gasteiger partial charge in [-0.2, -0.15) is 0 Å². The number of fused-ring (bicyclic) bond motifs is 1. The van der Waals surface area contributed by atoms with Gasteiger partial charge in [0.1, 0.15) is 5.82 Å². The van der Waals surface area contributed by atoms with Crippen molar-refractivity contribution in [1.82, 2.24) is 9.55 Å². The second-order valence-corrected chi connectivity index (χ2v) is 6.79. The maximum absolute atomic E-state index is 10.7. The van der Waals surface area contributed by atoms with Crippen molar-refractivity contribution in [2.75, 3.05) is 0 Å². The molecule has 0 amide bonds. The van der Waals surface area contributed by atoms with Gasteiger partial charge >= 0.3 is 5.00 Å². The van der Waals surface area contributed by atoms with Crippen LogP contribution >= 0.6 is 11.3 Å². The number of hydrogen-bond acceptors (Lipinski definition) is 5. The Balaban J connectivity index is 1.68. The van der Waals surface area contributed by atoms with Gasteiger partial charge in [-0.05, 0) is 43.3 Å². The molecule has 4 aromatic rings. The molecule has 4 rings (SSSR count). The van der Waals surface area contributed by atoms with Crippen LogP contribution in [-0.4, -0.2) is 20.7 Å². The van der Waals surface area contributed by atoms with Crippen LogP contribution in [0.5, 0.6) is 0 Å². The summed E-state index contributed by atoms with van der Waals surface area (Å²) >= 11 is 1.10. The zero-order valence-electron chi connectivity index (χ0n) is 13.9. The molecule has 0 aliphatic rings. The molecule has 6 nitrogen and oxygen atoms in total. The number of hydrogen-bond donors (Lipinski definition) is 0. The first kappa shape index (κ1) is 16.2. The Morgan fingerprint density at radius 2 is 1.96 bits per heavy atom. The summed E-state index contributed by atoms with van der Waals surface area (Å²) in [7, 11) is 0. The normalized spacial score (nSPS) is 11.4. The quantitative estimate of drug-likeness (QED) is 0.289. The highest BCUT2D eigenvalue weighted by atomic mass is 32.1.